The fourth-order valence-corrected chi connectivity index (χ4v) is 3.12. The summed E-state index contributed by atoms with van der Waals surface area (Å²) >= 11 is 12.3. The molecule has 0 saturated heterocycles. The second kappa shape index (κ2) is 8.58. The number of guanidine groups is 1. The number of carbonyl (C=O) groups is 2. The Kier molecular flexibility index (Phi) is 6.64. The van der Waals surface area contributed by atoms with Gasteiger partial charge in [-0.05, 0) is 30.2 Å². The van der Waals surface area contributed by atoms with Crippen LogP contribution >= 0.6 is 23.2 Å². The second-order valence-corrected chi connectivity index (χ2v) is 7.17. The number of hydrogen-bond acceptors (Lipinski definition) is 5. The summed E-state index contributed by atoms with van der Waals surface area (Å²) in [6, 6.07) is 9.50. The minimum Gasteiger partial charge on any atom is -0.481 e. The number of halogens is 2. The molecule has 0 radical (unpaired) electrons. The van der Waals surface area contributed by atoms with Crippen molar-refractivity contribution < 1.29 is 14.7 Å². The average Bonchev–Trinajstić information content (AvgIpc) is 2.61. The van der Waals surface area contributed by atoms with Crippen molar-refractivity contribution in [1.82, 2.24) is 9.88 Å². The number of aliphatic carboxylic acids is 1. The molecule has 0 saturated carbocycles. The largest absolute Gasteiger partial charge is 0.481 e. The molecule has 0 spiro atoms. The van der Waals surface area contributed by atoms with Crippen LogP contribution in [0, 0.1) is 0 Å². The van der Waals surface area contributed by atoms with Gasteiger partial charge in [-0.2, -0.15) is 0 Å². The zero-order valence-electron chi connectivity index (χ0n) is 15.6. The van der Waals surface area contributed by atoms with Gasteiger partial charge in [0.05, 0.1) is 17.0 Å². The van der Waals surface area contributed by atoms with Gasteiger partial charge < -0.3 is 10.8 Å². The molecule has 1 atom stereocenters. The maximum absolute atomic E-state index is 12.2. The third kappa shape index (κ3) is 4.79. The van der Waals surface area contributed by atoms with Gasteiger partial charge in [-0.25, -0.2) is 9.98 Å². The van der Waals surface area contributed by atoms with E-state index in [1.54, 1.807) is 19.3 Å². The highest BCUT2D eigenvalue weighted by Gasteiger charge is 2.36. The van der Waals surface area contributed by atoms with Crippen LogP contribution in [0.5, 0.6) is 0 Å². The van der Waals surface area contributed by atoms with Crippen LogP contribution in [0.25, 0.3) is 11.1 Å². The van der Waals surface area contributed by atoms with Gasteiger partial charge in [-0.15, -0.1) is 0 Å². The lowest BCUT2D eigenvalue weighted by atomic mass is 9.86. The van der Waals surface area contributed by atoms with Gasteiger partial charge in [-0.3, -0.25) is 14.5 Å². The summed E-state index contributed by atoms with van der Waals surface area (Å²) in [5.74, 6) is -0.690. The Bertz CT molecular complexity index is 945. The number of aliphatic imine (C=N–C) groups is 1. The smallest absolute Gasteiger partial charge is 0.300 e. The summed E-state index contributed by atoms with van der Waals surface area (Å²) in [5, 5.41) is 8.06. The number of carboxylic acid groups (broad SMARTS) is 1. The predicted molar refractivity (Wildman–Crippen MR) is 109 cm³/mol. The van der Waals surface area contributed by atoms with Crippen LogP contribution in [-0.2, 0) is 15.1 Å². The molecule has 1 aliphatic rings. The highest BCUT2D eigenvalue weighted by Crippen LogP contribution is 2.37. The first-order valence-corrected chi connectivity index (χ1v) is 9.03. The monoisotopic (exact) mass is 422 g/mol. The third-order valence-electron chi connectivity index (χ3n) is 4.22. The van der Waals surface area contributed by atoms with E-state index < -0.39 is 11.5 Å². The molecule has 1 amide bonds. The number of pyridine rings is 1. The van der Waals surface area contributed by atoms with Gasteiger partial charge in [0.25, 0.3) is 5.97 Å². The molecule has 1 aromatic carbocycles. The summed E-state index contributed by atoms with van der Waals surface area (Å²) in [7, 11) is 1.62. The van der Waals surface area contributed by atoms with E-state index in [9.17, 15) is 4.79 Å². The molecule has 1 aliphatic heterocycles. The molecule has 9 heteroatoms. The van der Waals surface area contributed by atoms with Gasteiger partial charge in [0, 0.05) is 25.7 Å². The molecule has 3 rings (SSSR count). The molecule has 148 valence electrons. The SMILES string of the molecule is CC(=O)O.CN1C(=O)CC(C)(c2cccc(-c3ccnc(Cl)c3Cl)c2)N=C1N. The normalized spacial score (nSPS) is 18.8. The Hall–Kier alpha value is -2.64. The molecule has 1 aromatic heterocycles. The standard InChI is InChI=1S/C17H16Cl2N4O.C2H4O2/c1-17(9-13(24)23(2)16(20)22-17)11-5-3-4-10(8-11)12-6-7-21-15(19)14(12)18;1-2(3)4/h3-8H,9H2,1-2H3,(H2,20,22);1H3,(H,3,4). The number of hydrogen-bond donors (Lipinski definition) is 2. The highest BCUT2D eigenvalue weighted by atomic mass is 35.5. The van der Waals surface area contributed by atoms with Crippen molar-refractivity contribution in [3.63, 3.8) is 0 Å². The number of rotatable bonds is 2. The molecule has 0 bridgehead atoms. The molecule has 3 N–H and O–H groups in total. The first-order chi connectivity index (χ1) is 13.0. The van der Waals surface area contributed by atoms with Gasteiger partial charge >= 0.3 is 0 Å². The quantitative estimate of drug-likeness (QED) is 0.719. The minimum absolute atomic E-state index is 0.0691. The highest BCUT2D eigenvalue weighted by molar-refractivity contribution is 6.42. The number of carbonyl (C=O) groups excluding carboxylic acids is 1. The minimum atomic E-state index is -0.833. The Balaban J connectivity index is 0.000000640. The van der Waals surface area contributed by atoms with Crippen molar-refractivity contribution in [2.45, 2.75) is 25.8 Å². The summed E-state index contributed by atoms with van der Waals surface area (Å²) in [6.07, 6.45) is 1.85. The van der Waals surface area contributed by atoms with Gasteiger partial charge in [0.1, 0.15) is 5.15 Å². The Labute approximate surface area is 172 Å². The summed E-state index contributed by atoms with van der Waals surface area (Å²) in [5.41, 5.74) is 7.70. The number of amides is 1. The lowest BCUT2D eigenvalue weighted by molar-refractivity contribution is -0.134. The molecular weight excluding hydrogens is 403 g/mol. The number of nitrogens with zero attached hydrogens (tertiary/aromatic N) is 3. The van der Waals surface area contributed by atoms with Crippen LogP contribution in [0.2, 0.25) is 10.2 Å². The van der Waals surface area contributed by atoms with Crippen LogP contribution in [0.15, 0.2) is 41.5 Å². The van der Waals surface area contributed by atoms with E-state index in [2.05, 4.69) is 9.98 Å². The van der Waals surface area contributed by atoms with Crippen LogP contribution in [0.1, 0.15) is 25.8 Å². The zero-order valence-corrected chi connectivity index (χ0v) is 17.1. The molecule has 1 unspecified atom stereocenters. The van der Waals surface area contributed by atoms with Gasteiger partial charge in [0.2, 0.25) is 5.91 Å². The van der Waals surface area contributed by atoms with E-state index >= 15 is 0 Å². The molecular formula is C19H20Cl2N4O3. The van der Waals surface area contributed by atoms with E-state index in [1.165, 1.54) is 4.90 Å². The number of aromatic nitrogens is 1. The lowest BCUT2D eigenvalue weighted by Crippen LogP contribution is -2.47. The van der Waals surface area contributed by atoms with Crippen molar-refractivity contribution in [2.75, 3.05) is 7.05 Å². The fraction of sp³-hybridized carbons (Fsp3) is 0.263. The van der Waals surface area contributed by atoms with Crippen LogP contribution in [0.4, 0.5) is 0 Å². The third-order valence-corrected chi connectivity index (χ3v) is 4.98. The summed E-state index contributed by atoms with van der Waals surface area (Å²) in [4.78, 5) is 31.0. The average molecular weight is 423 g/mol. The first-order valence-electron chi connectivity index (χ1n) is 8.27. The van der Waals surface area contributed by atoms with Crippen molar-refractivity contribution in [3.05, 3.63) is 52.3 Å². The predicted octanol–water partition coefficient (Wildman–Crippen LogP) is 3.54. The lowest BCUT2D eigenvalue weighted by Gasteiger charge is -2.33. The van der Waals surface area contributed by atoms with Crippen LogP contribution in [-0.4, -0.2) is 39.9 Å². The van der Waals surface area contributed by atoms with Crippen LogP contribution < -0.4 is 5.73 Å². The number of carboxylic acids is 1. The van der Waals surface area contributed by atoms with Crippen molar-refractivity contribution in [3.8, 4) is 11.1 Å². The fourth-order valence-electron chi connectivity index (χ4n) is 2.74. The van der Waals surface area contributed by atoms with E-state index in [0.717, 1.165) is 23.6 Å². The van der Waals surface area contributed by atoms with E-state index in [0.29, 0.717) is 5.02 Å². The molecule has 0 aliphatic carbocycles. The van der Waals surface area contributed by atoms with Crippen LogP contribution in [0.3, 0.4) is 0 Å². The Morgan fingerprint density at radius 3 is 2.57 bits per heavy atom. The Morgan fingerprint density at radius 1 is 1.32 bits per heavy atom. The van der Waals surface area contributed by atoms with Crippen molar-refractivity contribution in [1.29, 1.82) is 0 Å². The van der Waals surface area contributed by atoms with Crippen molar-refractivity contribution >= 4 is 41.0 Å². The number of benzene rings is 1. The van der Waals surface area contributed by atoms with E-state index in [1.807, 2.05) is 31.2 Å². The first kappa shape index (κ1) is 21.7. The summed E-state index contributed by atoms with van der Waals surface area (Å²) < 4.78 is 0. The zero-order chi connectivity index (χ0) is 21.1. The maximum Gasteiger partial charge on any atom is 0.300 e. The molecule has 7 nitrogen and oxygen atoms in total. The molecule has 2 heterocycles. The van der Waals surface area contributed by atoms with E-state index in [4.69, 9.17) is 38.8 Å². The molecule has 2 aromatic rings. The molecule has 0 fully saturated rings. The van der Waals surface area contributed by atoms with Gasteiger partial charge in [0.15, 0.2) is 5.96 Å². The van der Waals surface area contributed by atoms with E-state index in [-0.39, 0.29) is 23.4 Å². The molecule has 28 heavy (non-hydrogen) atoms. The number of nitrogens with two attached hydrogens (primary N) is 1. The van der Waals surface area contributed by atoms with Crippen molar-refractivity contribution in [2.24, 2.45) is 10.7 Å². The second-order valence-electron chi connectivity index (χ2n) is 6.44. The topological polar surface area (TPSA) is 109 Å². The maximum atomic E-state index is 12.2. The Morgan fingerprint density at radius 2 is 1.96 bits per heavy atom. The summed E-state index contributed by atoms with van der Waals surface area (Å²) in [6.45, 7) is 2.98. The van der Waals surface area contributed by atoms with Gasteiger partial charge in [-0.1, -0.05) is 41.4 Å².